The Morgan fingerprint density at radius 1 is 1.21 bits per heavy atom. The molecule has 29 heavy (non-hydrogen) atoms. The Labute approximate surface area is 171 Å². The number of aliphatic hydroxyl groups is 1. The number of para-hydroxylation sites is 1. The summed E-state index contributed by atoms with van der Waals surface area (Å²) >= 11 is 6.29. The van der Waals surface area contributed by atoms with E-state index in [1.807, 2.05) is 0 Å². The maximum absolute atomic E-state index is 12.7. The number of alkyl halides is 3. The smallest absolute Gasteiger partial charge is 0.405 e. The zero-order valence-electron chi connectivity index (χ0n) is 15.4. The fourth-order valence-electron chi connectivity index (χ4n) is 3.40. The van der Waals surface area contributed by atoms with E-state index in [4.69, 9.17) is 11.6 Å². The van der Waals surface area contributed by atoms with Gasteiger partial charge in [-0.15, -0.1) is 13.2 Å². The SMILES string of the molecule is O=C(Nc1ccc(-c2ccccc2OC(F)(F)F)c(Cl)c1)C1CCCCN1CO. The Balaban J connectivity index is 1.80. The van der Waals surface area contributed by atoms with Crippen molar-refractivity contribution in [3.63, 3.8) is 0 Å². The maximum Gasteiger partial charge on any atom is 0.573 e. The van der Waals surface area contributed by atoms with Crippen LogP contribution in [0.4, 0.5) is 18.9 Å². The molecule has 1 amide bonds. The van der Waals surface area contributed by atoms with E-state index in [1.54, 1.807) is 17.0 Å². The molecule has 1 fully saturated rings. The van der Waals surface area contributed by atoms with Crippen molar-refractivity contribution < 1.29 is 27.8 Å². The van der Waals surface area contributed by atoms with Crippen molar-refractivity contribution in [3.05, 3.63) is 47.5 Å². The van der Waals surface area contributed by atoms with Crippen LogP contribution in [0.5, 0.6) is 5.75 Å². The lowest BCUT2D eigenvalue weighted by molar-refractivity contribution is -0.274. The molecule has 1 atom stereocenters. The number of aliphatic hydroxyl groups excluding tert-OH is 1. The molecule has 1 aliphatic heterocycles. The summed E-state index contributed by atoms with van der Waals surface area (Å²) in [5.41, 5.74) is 0.951. The third-order valence-electron chi connectivity index (χ3n) is 4.74. The van der Waals surface area contributed by atoms with E-state index in [2.05, 4.69) is 10.1 Å². The van der Waals surface area contributed by atoms with Gasteiger partial charge < -0.3 is 15.2 Å². The van der Waals surface area contributed by atoms with Crippen LogP contribution in [0.2, 0.25) is 5.02 Å². The Morgan fingerprint density at radius 2 is 1.97 bits per heavy atom. The number of carbonyl (C=O) groups is 1. The third kappa shape index (κ3) is 5.41. The molecule has 0 bridgehead atoms. The second-order valence-electron chi connectivity index (χ2n) is 6.69. The molecule has 1 unspecified atom stereocenters. The third-order valence-corrected chi connectivity index (χ3v) is 5.05. The number of hydrogen-bond donors (Lipinski definition) is 2. The van der Waals surface area contributed by atoms with E-state index in [0.29, 0.717) is 24.2 Å². The highest BCUT2D eigenvalue weighted by molar-refractivity contribution is 6.33. The maximum atomic E-state index is 12.7. The van der Waals surface area contributed by atoms with Gasteiger partial charge in [0.25, 0.3) is 0 Å². The van der Waals surface area contributed by atoms with Crippen LogP contribution in [0.25, 0.3) is 11.1 Å². The van der Waals surface area contributed by atoms with Crippen molar-refractivity contribution in [2.45, 2.75) is 31.7 Å². The van der Waals surface area contributed by atoms with E-state index >= 15 is 0 Å². The average Bonchev–Trinajstić information content (AvgIpc) is 2.67. The van der Waals surface area contributed by atoms with Crippen LogP contribution in [-0.4, -0.2) is 41.6 Å². The topological polar surface area (TPSA) is 61.8 Å². The summed E-state index contributed by atoms with van der Waals surface area (Å²) in [5, 5.41) is 12.4. The van der Waals surface area contributed by atoms with Crippen molar-refractivity contribution in [2.24, 2.45) is 0 Å². The Bertz CT molecular complexity index is 876. The van der Waals surface area contributed by atoms with Gasteiger partial charge in [-0.2, -0.15) is 0 Å². The number of nitrogens with one attached hydrogen (secondary N) is 1. The molecule has 0 radical (unpaired) electrons. The summed E-state index contributed by atoms with van der Waals surface area (Å²) in [6, 6.07) is 9.83. The molecule has 2 N–H and O–H groups in total. The van der Waals surface area contributed by atoms with Crippen LogP contribution >= 0.6 is 11.6 Å². The van der Waals surface area contributed by atoms with Crippen molar-refractivity contribution in [3.8, 4) is 16.9 Å². The summed E-state index contributed by atoms with van der Waals surface area (Å²) < 4.78 is 42.1. The van der Waals surface area contributed by atoms with Gasteiger partial charge in [-0.3, -0.25) is 9.69 Å². The molecule has 0 aromatic heterocycles. The molecule has 2 aromatic carbocycles. The van der Waals surface area contributed by atoms with Crippen molar-refractivity contribution in [2.75, 3.05) is 18.6 Å². The molecule has 2 aromatic rings. The first kappa shape index (κ1) is 21.4. The summed E-state index contributed by atoms with van der Waals surface area (Å²) in [5.74, 6) is -0.622. The first-order valence-corrected chi connectivity index (χ1v) is 9.47. The highest BCUT2D eigenvalue weighted by atomic mass is 35.5. The number of halogens is 4. The Morgan fingerprint density at radius 3 is 2.66 bits per heavy atom. The van der Waals surface area contributed by atoms with Crippen LogP contribution in [-0.2, 0) is 4.79 Å². The minimum Gasteiger partial charge on any atom is -0.405 e. The molecule has 1 aliphatic rings. The van der Waals surface area contributed by atoms with Crippen LogP contribution < -0.4 is 10.1 Å². The van der Waals surface area contributed by atoms with E-state index in [9.17, 15) is 23.1 Å². The lowest BCUT2D eigenvalue weighted by Crippen LogP contribution is -2.47. The molecule has 1 saturated heterocycles. The second-order valence-corrected chi connectivity index (χ2v) is 7.10. The lowest BCUT2D eigenvalue weighted by Gasteiger charge is -2.32. The van der Waals surface area contributed by atoms with Crippen molar-refractivity contribution in [1.29, 1.82) is 0 Å². The number of rotatable bonds is 5. The number of amides is 1. The molecule has 3 rings (SSSR count). The van der Waals surface area contributed by atoms with Gasteiger partial charge in [0.2, 0.25) is 5.91 Å². The monoisotopic (exact) mass is 428 g/mol. The van der Waals surface area contributed by atoms with Gasteiger partial charge in [0, 0.05) is 23.4 Å². The Kier molecular flexibility index (Phi) is 6.66. The van der Waals surface area contributed by atoms with Gasteiger partial charge in [0.05, 0.1) is 17.8 Å². The van der Waals surface area contributed by atoms with Crippen LogP contribution in [0, 0.1) is 0 Å². The van der Waals surface area contributed by atoms with Crippen LogP contribution in [0.3, 0.4) is 0 Å². The molecular weight excluding hydrogens is 409 g/mol. The zero-order chi connectivity index (χ0) is 21.0. The highest BCUT2D eigenvalue weighted by Crippen LogP contribution is 2.38. The van der Waals surface area contributed by atoms with E-state index < -0.39 is 12.4 Å². The summed E-state index contributed by atoms with van der Waals surface area (Å²) in [6.45, 7) is 0.443. The molecule has 156 valence electrons. The molecule has 9 heteroatoms. The predicted octanol–water partition coefficient (Wildman–Crippen LogP) is 4.65. The van der Waals surface area contributed by atoms with E-state index in [0.717, 1.165) is 12.8 Å². The van der Waals surface area contributed by atoms with Crippen LogP contribution in [0.1, 0.15) is 19.3 Å². The van der Waals surface area contributed by atoms with Crippen molar-refractivity contribution >= 4 is 23.2 Å². The number of benzene rings is 2. The summed E-state index contributed by atoms with van der Waals surface area (Å²) in [7, 11) is 0. The molecule has 0 aliphatic carbocycles. The van der Waals surface area contributed by atoms with E-state index in [-0.39, 0.29) is 29.0 Å². The Hall–Kier alpha value is -2.29. The first-order chi connectivity index (χ1) is 13.8. The van der Waals surface area contributed by atoms with Gasteiger partial charge in [0.15, 0.2) is 0 Å². The largest absolute Gasteiger partial charge is 0.573 e. The predicted molar refractivity (Wildman–Crippen MR) is 104 cm³/mol. The number of anilines is 1. The molecular formula is C20H20ClF3N2O3. The first-order valence-electron chi connectivity index (χ1n) is 9.09. The van der Waals surface area contributed by atoms with Gasteiger partial charge >= 0.3 is 6.36 Å². The lowest BCUT2D eigenvalue weighted by atomic mass is 10.0. The fraction of sp³-hybridized carbons (Fsp3) is 0.350. The molecule has 0 spiro atoms. The van der Waals surface area contributed by atoms with Gasteiger partial charge in [0.1, 0.15) is 5.75 Å². The number of likely N-dealkylation sites (tertiary alicyclic amines) is 1. The van der Waals surface area contributed by atoms with E-state index in [1.165, 1.54) is 30.3 Å². The van der Waals surface area contributed by atoms with Gasteiger partial charge in [-0.05, 0) is 31.0 Å². The summed E-state index contributed by atoms with van der Waals surface area (Å²) in [4.78, 5) is 14.3. The van der Waals surface area contributed by atoms with Crippen molar-refractivity contribution in [1.82, 2.24) is 4.90 Å². The second kappa shape index (κ2) is 9.02. The number of ether oxygens (including phenoxy) is 1. The molecule has 0 saturated carbocycles. The quantitative estimate of drug-likeness (QED) is 0.727. The molecule has 1 heterocycles. The minimum atomic E-state index is -4.82. The number of hydrogen-bond acceptors (Lipinski definition) is 4. The fourth-order valence-corrected chi connectivity index (χ4v) is 3.68. The number of carbonyl (C=O) groups excluding carboxylic acids is 1. The highest BCUT2D eigenvalue weighted by Gasteiger charge is 2.32. The standard InChI is InChI=1S/C20H20ClF3N2O3/c21-16-11-13(25-19(28)17-6-3-4-10-26(17)12-27)8-9-14(16)15-5-1-2-7-18(15)29-20(22,23)24/h1-2,5,7-9,11,17,27H,3-4,6,10,12H2,(H,25,28). The average molecular weight is 429 g/mol. The van der Waals surface area contributed by atoms with Crippen LogP contribution in [0.15, 0.2) is 42.5 Å². The van der Waals surface area contributed by atoms with Gasteiger partial charge in [-0.25, -0.2) is 0 Å². The molecule has 5 nitrogen and oxygen atoms in total. The number of piperidine rings is 1. The zero-order valence-corrected chi connectivity index (χ0v) is 16.1. The number of nitrogens with zero attached hydrogens (tertiary/aromatic N) is 1. The summed E-state index contributed by atoms with van der Waals surface area (Å²) in [6.07, 6.45) is -2.37. The van der Waals surface area contributed by atoms with Gasteiger partial charge in [-0.1, -0.05) is 42.3 Å². The normalized spacial score (nSPS) is 17.8. The minimum absolute atomic E-state index is 0.170.